The number of carbonyl (C=O) groups is 2. The Labute approximate surface area is 148 Å². The maximum Gasteiger partial charge on any atom is 0.270 e. The molecule has 5 nitrogen and oxygen atoms in total. The fourth-order valence-electron chi connectivity index (χ4n) is 2.15. The second-order valence-electron chi connectivity index (χ2n) is 4.81. The summed E-state index contributed by atoms with van der Waals surface area (Å²) < 4.78 is 5.15. The van der Waals surface area contributed by atoms with Gasteiger partial charge < -0.3 is 4.42 Å². The highest BCUT2D eigenvalue weighted by atomic mass is 35.5. The van der Waals surface area contributed by atoms with Crippen LogP contribution in [0.15, 0.2) is 64.8 Å². The van der Waals surface area contributed by atoms with Crippen LogP contribution < -0.4 is 10.2 Å². The normalized spacial score (nSPS) is 17.0. The Morgan fingerprint density at radius 3 is 2.67 bits per heavy atom. The van der Waals surface area contributed by atoms with Crippen molar-refractivity contribution in [3.63, 3.8) is 0 Å². The Morgan fingerprint density at radius 2 is 1.96 bits per heavy atom. The van der Waals surface area contributed by atoms with Gasteiger partial charge in [-0.1, -0.05) is 29.8 Å². The Bertz CT molecular complexity index is 872. The maximum absolute atomic E-state index is 12.7. The molecule has 24 heavy (non-hydrogen) atoms. The summed E-state index contributed by atoms with van der Waals surface area (Å²) >= 11 is 11.2. The van der Waals surface area contributed by atoms with Gasteiger partial charge in [-0.05, 0) is 48.6 Å². The average Bonchev–Trinajstić information content (AvgIpc) is 3.05. The molecule has 3 rings (SSSR count). The van der Waals surface area contributed by atoms with Gasteiger partial charge in [-0.25, -0.2) is 0 Å². The van der Waals surface area contributed by atoms with Crippen LogP contribution in [0.2, 0.25) is 5.02 Å². The lowest BCUT2D eigenvalue weighted by molar-refractivity contribution is -0.122. The molecule has 1 aromatic carbocycles. The van der Waals surface area contributed by atoms with Crippen molar-refractivity contribution in [2.24, 2.45) is 0 Å². The predicted molar refractivity (Wildman–Crippen MR) is 95.5 cm³/mol. The third kappa shape index (κ3) is 3.15. The van der Waals surface area contributed by atoms with E-state index in [4.69, 9.17) is 28.2 Å². The molecule has 2 aromatic rings. The minimum absolute atomic E-state index is 0.00901. The summed E-state index contributed by atoms with van der Waals surface area (Å²) in [5, 5.41) is 2.84. The number of thiocarbonyl (C=S) groups is 1. The van der Waals surface area contributed by atoms with Crippen molar-refractivity contribution in [2.45, 2.75) is 0 Å². The van der Waals surface area contributed by atoms with Gasteiger partial charge in [0.15, 0.2) is 5.11 Å². The summed E-state index contributed by atoms with van der Waals surface area (Å²) in [6.07, 6.45) is 6.14. The highest BCUT2D eigenvalue weighted by Gasteiger charge is 2.34. The summed E-state index contributed by atoms with van der Waals surface area (Å²) in [7, 11) is 0. The van der Waals surface area contributed by atoms with Crippen LogP contribution in [-0.2, 0) is 9.59 Å². The summed E-state index contributed by atoms with van der Waals surface area (Å²) in [4.78, 5) is 25.9. The van der Waals surface area contributed by atoms with Gasteiger partial charge in [-0.3, -0.25) is 19.8 Å². The highest BCUT2D eigenvalue weighted by molar-refractivity contribution is 7.80. The van der Waals surface area contributed by atoms with E-state index in [1.54, 1.807) is 48.6 Å². The number of furan rings is 1. The number of hydrogen-bond acceptors (Lipinski definition) is 4. The number of amides is 2. The minimum Gasteiger partial charge on any atom is -0.465 e. The molecule has 2 heterocycles. The molecule has 0 aliphatic carbocycles. The molecular formula is C17H11ClN2O3S. The van der Waals surface area contributed by atoms with E-state index in [9.17, 15) is 9.59 Å². The van der Waals surface area contributed by atoms with Crippen molar-refractivity contribution in [1.29, 1.82) is 0 Å². The number of hydrogen-bond donors (Lipinski definition) is 1. The smallest absolute Gasteiger partial charge is 0.270 e. The highest BCUT2D eigenvalue weighted by Crippen LogP contribution is 2.28. The monoisotopic (exact) mass is 358 g/mol. The average molecular weight is 359 g/mol. The van der Waals surface area contributed by atoms with Crippen molar-refractivity contribution >= 4 is 52.5 Å². The van der Waals surface area contributed by atoms with Crippen LogP contribution in [0.5, 0.6) is 0 Å². The van der Waals surface area contributed by atoms with Crippen LogP contribution in [0.25, 0.3) is 6.08 Å². The van der Waals surface area contributed by atoms with Gasteiger partial charge in [0, 0.05) is 0 Å². The summed E-state index contributed by atoms with van der Waals surface area (Å²) in [6, 6.07) is 10.3. The zero-order valence-corrected chi connectivity index (χ0v) is 13.8. The van der Waals surface area contributed by atoms with Crippen molar-refractivity contribution in [3.05, 3.63) is 71.2 Å². The number of nitrogens with zero attached hydrogens (tertiary/aromatic N) is 1. The summed E-state index contributed by atoms with van der Waals surface area (Å²) in [5.74, 6) is -0.493. The first-order chi connectivity index (χ1) is 11.6. The molecular weight excluding hydrogens is 348 g/mol. The third-order valence-electron chi connectivity index (χ3n) is 3.26. The van der Waals surface area contributed by atoms with Crippen LogP contribution >= 0.6 is 23.8 Å². The molecule has 0 bridgehead atoms. The number of anilines is 1. The van der Waals surface area contributed by atoms with Crippen molar-refractivity contribution in [3.8, 4) is 0 Å². The Kier molecular flexibility index (Phi) is 4.59. The van der Waals surface area contributed by atoms with E-state index in [-0.39, 0.29) is 10.7 Å². The lowest BCUT2D eigenvalue weighted by Gasteiger charge is -2.29. The van der Waals surface area contributed by atoms with E-state index in [0.29, 0.717) is 16.5 Å². The molecule has 0 unspecified atom stereocenters. The molecule has 120 valence electrons. The molecule has 1 N–H and O–H groups in total. The van der Waals surface area contributed by atoms with Crippen LogP contribution in [0.4, 0.5) is 5.69 Å². The first-order valence-electron chi connectivity index (χ1n) is 6.94. The quantitative estimate of drug-likeness (QED) is 0.519. The molecule has 1 fully saturated rings. The molecule has 0 radical (unpaired) electrons. The van der Waals surface area contributed by atoms with E-state index in [1.807, 2.05) is 0 Å². The summed E-state index contributed by atoms with van der Waals surface area (Å²) in [5.41, 5.74) is 0.362. The fourth-order valence-corrected chi connectivity index (χ4v) is 2.65. The molecule has 0 spiro atoms. The first kappa shape index (κ1) is 16.2. The van der Waals surface area contributed by atoms with Gasteiger partial charge in [-0.15, -0.1) is 0 Å². The summed E-state index contributed by atoms with van der Waals surface area (Å²) in [6.45, 7) is 0. The first-order valence-corrected chi connectivity index (χ1v) is 7.72. The lowest BCUT2D eigenvalue weighted by Crippen LogP contribution is -2.54. The number of nitrogens with one attached hydrogen (secondary N) is 1. The predicted octanol–water partition coefficient (Wildman–Crippen LogP) is 3.32. The van der Waals surface area contributed by atoms with Crippen LogP contribution in [0.1, 0.15) is 5.76 Å². The van der Waals surface area contributed by atoms with Gasteiger partial charge in [0.25, 0.3) is 11.8 Å². The molecule has 0 saturated carbocycles. The van der Waals surface area contributed by atoms with Crippen molar-refractivity contribution in [2.75, 3.05) is 4.90 Å². The number of carbonyl (C=O) groups excluding carboxylic acids is 2. The largest absolute Gasteiger partial charge is 0.465 e. The van der Waals surface area contributed by atoms with E-state index in [2.05, 4.69) is 5.32 Å². The Morgan fingerprint density at radius 1 is 1.17 bits per heavy atom. The molecule has 1 aliphatic heterocycles. The number of para-hydroxylation sites is 1. The lowest BCUT2D eigenvalue weighted by atomic mass is 10.1. The van der Waals surface area contributed by atoms with E-state index in [1.165, 1.54) is 17.2 Å². The minimum atomic E-state index is -0.558. The molecule has 1 aromatic heterocycles. The standard InChI is InChI=1S/C17H11ClN2O3S/c18-13-8-1-2-9-14(13)20-16(22)12(15(21)19-17(20)24)7-3-5-11-6-4-10-23-11/h1-10H,(H,19,21,24). The fraction of sp³-hybridized carbons (Fsp3) is 0. The second-order valence-corrected chi connectivity index (χ2v) is 5.60. The zero-order valence-electron chi connectivity index (χ0n) is 12.2. The van der Waals surface area contributed by atoms with Gasteiger partial charge in [0.05, 0.1) is 17.0 Å². The molecule has 1 saturated heterocycles. The van der Waals surface area contributed by atoms with Gasteiger partial charge >= 0.3 is 0 Å². The topological polar surface area (TPSA) is 62.6 Å². The number of allylic oxidation sites excluding steroid dienone is 2. The Hall–Kier alpha value is -2.70. The van der Waals surface area contributed by atoms with Gasteiger partial charge in [0.1, 0.15) is 11.3 Å². The van der Waals surface area contributed by atoms with Crippen LogP contribution in [0, 0.1) is 0 Å². The Balaban J connectivity index is 1.93. The SMILES string of the molecule is O=C1NC(=S)N(c2ccccc2Cl)C(=O)C1=CC=Cc1ccco1. The van der Waals surface area contributed by atoms with E-state index >= 15 is 0 Å². The van der Waals surface area contributed by atoms with E-state index in [0.717, 1.165) is 0 Å². The molecule has 2 amide bonds. The maximum atomic E-state index is 12.7. The molecule has 1 aliphatic rings. The van der Waals surface area contributed by atoms with Crippen molar-refractivity contribution < 1.29 is 14.0 Å². The van der Waals surface area contributed by atoms with Crippen molar-refractivity contribution in [1.82, 2.24) is 5.32 Å². The molecule has 7 heteroatoms. The zero-order chi connectivity index (χ0) is 17.1. The number of halogens is 1. The molecule has 0 atom stereocenters. The van der Waals surface area contributed by atoms with Gasteiger partial charge in [-0.2, -0.15) is 0 Å². The van der Waals surface area contributed by atoms with Crippen LogP contribution in [-0.4, -0.2) is 16.9 Å². The number of rotatable bonds is 3. The number of benzene rings is 1. The van der Waals surface area contributed by atoms with Gasteiger partial charge in [0.2, 0.25) is 0 Å². The second kappa shape index (κ2) is 6.82. The third-order valence-corrected chi connectivity index (χ3v) is 3.87. The van der Waals surface area contributed by atoms with Crippen LogP contribution in [0.3, 0.4) is 0 Å². The van der Waals surface area contributed by atoms with E-state index < -0.39 is 11.8 Å².